The van der Waals surface area contributed by atoms with Gasteiger partial charge in [0.05, 0.1) is 18.9 Å². The van der Waals surface area contributed by atoms with E-state index in [0.717, 1.165) is 23.4 Å². The van der Waals surface area contributed by atoms with E-state index >= 15 is 0 Å². The number of aromatic nitrogens is 3. The molecule has 0 aliphatic carbocycles. The second kappa shape index (κ2) is 6.39. The summed E-state index contributed by atoms with van der Waals surface area (Å²) in [6.45, 7) is 1.27. The van der Waals surface area contributed by atoms with E-state index in [-0.39, 0.29) is 11.9 Å². The van der Waals surface area contributed by atoms with E-state index in [2.05, 4.69) is 15.2 Å². The Balaban J connectivity index is 1.52. The fourth-order valence-corrected chi connectivity index (χ4v) is 3.17. The maximum atomic E-state index is 12.4. The van der Waals surface area contributed by atoms with E-state index in [9.17, 15) is 4.79 Å². The molecule has 0 spiro atoms. The van der Waals surface area contributed by atoms with Crippen LogP contribution in [0.15, 0.2) is 47.7 Å². The summed E-state index contributed by atoms with van der Waals surface area (Å²) in [5.74, 6) is 1.60. The number of nitrogens with zero attached hydrogens (tertiary/aromatic N) is 5. The number of ether oxygens (including phenoxy) is 2. The molecular formula is C19H17N5O3. The van der Waals surface area contributed by atoms with Crippen molar-refractivity contribution in [3.05, 3.63) is 48.2 Å². The van der Waals surface area contributed by atoms with E-state index in [4.69, 9.17) is 9.47 Å². The molecule has 136 valence electrons. The van der Waals surface area contributed by atoms with Crippen LogP contribution < -0.4 is 14.5 Å². The smallest absolute Gasteiger partial charge is 0.273 e. The molecule has 3 aromatic rings. The second-order valence-corrected chi connectivity index (χ2v) is 6.38. The van der Waals surface area contributed by atoms with Crippen molar-refractivity contribution in [2.75, 3.05) is 18.2 Å². The standard InChI is InChI=1S/C19H17N5O3/c25-18-8-6-14(13-5-7-15-16(12-13)27-11-3-10-26-15)21-24(18)19-20-17-4-1-2-9-23(17)22-19/h1-2,4-5,7,9,12H,3,6,8,10-11H2. The van der Waals surface area contributed by atoms with Crippen molar-refractivity contribution in [3.63, 3.8) is 0 Å². The van der Waals surface area contributed by atoms with E-state index in [1.165, 1.54) is 5.01 Å². The normalized spacial score (nSPS) is 17.0. The third-order valence-corrected chi connectivity index (χ3v) is 4.53. The average Bonchev–Trinajstić information content (AvgIpc) is 2.98. The van der Waals surface area contributed by atoms with Gasteiger partial charge in [-0.25, -0.2) is 4.52 Å². The highest BCUT2D eigenvalue weighted by atomic mass is 16.5. The molecule has 4 heterocycles. The lowest BCUT2D eigenvalue weighted by molar-refractivity contribution is -0.118. The molecule has 0 saturated carbocycles. The number of hydrogen-bond donors (Lipinski definition) is 0. The first-order valence-electron chi connectivity index (χ1n) is 8.90. The quantitative estimate of drug-likeness (QED) is 0.698. The Bertz CT molecular complexity index is 1030. The maximum Gasteiger partial charge on any atom is 0.273 e. The highest BCUT2D eigenvalue weighted by Gasteiger charge is 2.26. The Kier molecular flexibility index (Phi) is 3.74. The average molecular weight is 363 g/mol. The minimum Gasteiger partial charge on any atom is -0.490 e. The Morgan fingerprint density at radius 3 is 2.78 bits per heavy atom. The number of carbonyl (C=O) groups is 1. The van der Waals surface area contributed by atoms with Crippen LogP contribution >= 0.6 is 0 Å². The number of anilines is 1. The zero-order valence-electron chi connectivity index (χ0n) is 14.5. The number of hydrogen-bond acceptors (Lipinski definition) is 6. The summed E-state index contributed by atoms with van der Waals surface area (Å²) in [6, 6.07) is 11.3. The monoisotopic (exact) mass is 363 g/mol. The molecule has 0 bridgehead atoms. The van der Waals surface area contributed by atoms with Crippen LogP contribution in [0.4, 0.5) is 5.95 Å². The molecule has 2 aliphatic heterocycles. The van der Waals surface area contributed by atoms with Crippen molar-refractivity contribution in [2.24, 2.45) is 5.10 Å². The van der Waals surface area contributed by atoms with E-state index in [1.54, 1.807) is 10.7 Å². The second-order valence-electron chi connectivity index (χ2n) is 6.38. The fourth-order valence-electron chi connectivity index (χ4n) is 3.17. The summed E-state index contributed by atoms with van der Waals surface area (Å²) < 4.78 is 13.1. The third kappa shape index (κ3) is 2.88. The minimum absolute atomic E-state index is 0.121. The number of carbonyl (C=O) groups excluding carboxylic acids is 1. The highest BCUT2D eigenvalue weighted by molar-refractivity contribution is 6.08. The Morgan fingerprint density at radius 2 is 1.89 bits per heavy atom. The Labute approximate surface area is 155 Å². The predicted molar refractivity (Wildman–Crippen MR) is 98.3 cm³/mol. The molecule has 0 unspecified atom stereocenters. The minimum atomic E-state index is -0.121. The zero-order valence-corrected chi connectivity index (χ0v) is 14.5. The number of hydrazone groups is 1. The molecule has 5 rings (SSSR count). The highest BCUT2D eigenvalue weighted by Crippen LogP contribution is 2.32. The van der Waals surface area contributed by atoms with E-state index in [0.29, 0.717) is 37.5 Å². The van der Waals surface area contributed by atoms with Crippen molar-refractivity contribution in [3.8, 4) is 11.5 Å². The van der Waals surface area contributed by atoms with Gasteiger partial charge < -0.3 is 9.47 Å². The topological polar surface area (TPSA) is 81.3 Å². The molecule has 27 heavy (non-hydrogen) atoms. The summed E-state index contributed by atoms with van der Waals surface area (Å²) in [7, 11) is 0. The molecule has 8 nitrogen and oxygen atoms in total. The zero-order chi connectivity index (χ0) is 18.2. The molecule has 0 saturated heterocycles. The van der Waals surface area contributed by atoms with Gasteiger partial charge in [-0.2, -0.15) is 15.1 Å². The van der Waals surface area contributed by atoms with Crippen molar-refractivity contribution in [1.29, 1.82) is 0 Å². The van der Waals surface area contributed by atoms with Crippen LogP contribution in [0.25, 0.3) is 5.65 Å². The number of fused-ring (bicyclic) bond motifs is 2. The lowest BCUT2D eigenvalue weighted by atomic mass is 10.0. The van der Waals surface area contributed by atoms with Crippen LogP contribution in [0.1, 0.15) is 24.8 Å². The molecule has 8 heteroatoms. The lowest BCUT2D eigenvalue weighted by Crippen LogP contribution is -2.32. The van der Waals surface area contributed by atoms with Gasteiger partial charge in [-0.15, -0.1) is 5.10 Å². The molecule has 2 aliphatic rings. The van der Waals surface area contributed by atoms with Crippen LogP contribution in [0.3, 0.4) is 0 Å². The number of pyridine rings is 1. The molecular weight excluding hydrogens is 346 g/mol. The summed E-state index contributed by atoms with van der Waals surface area (Å²) in [5, 5.41) is 10.2. The van der Waals surface area contributed by atoms with Crippen molar-refractivity contribution in [1.82, 2.24) is 14.6 Å². The molecule has 1 aromatic carbocycles. The Hall–Kier alpha value is -3.42. The molecule has 0 radical (unpaired) electrons. The molecule has 0 atom stereocenters. The van der Waals surface area contributed by atoms with Gasteiger partial charge in [0.15, 0.2) is 17.1 Å². The molecule has 1 amide bonds. The largest absolute Gasteiger partial charge is 0.490 e. The lowest BCUT2D eigenvalue weighted by Gasteiger charge is -2.21. The van der Waals surface area contributed by atoms with Gasteiger partial charge in [-0.1, -0.05) is 6.07 Å². The molecule has 0 fully saturated rings. The SMILES string of the molecule is O=C1CCC(c2ccc3c(c2)OCCCO3)=NN1c1nc2ccccn2n1. The Morgan fingerprint density at radius 1 is 1.00 bits per heavy atom. The fraction of sp³-hybridized carbons (Fsp3) is 0.263. The molecule has 2 aromatic heterocycles. The van der Waals surface area contributed by atoms with Crippen LogP contribution in [-0.2, 0) is 4.79 Å². The first-order chi connectivity index (χ1) is 13.3. The first kappa shape index (κ1) is 15.8. The van der Waals surface area contributed by atoms with Gasteiger partial charge in [0.2, 0.25) is 0 Å². The van der Waals surface area contributed by atoms with Crippen molar-refractivity contribution >= 4 is 23.2 Å². The van der Waals surface area contributed by atoms with E-state index in [1.807, 2.05) is 36.4 Å². The maximum absolute atomic E-state index is 12.4. The van der Waals surface area contributed by atoms with Crippen LogP contribution in [-0.4, -0.2) is 39.4 Å². The van der Waals surface area contributed by atoms with Crippen LogP contribution in [0, 0.1) is 0 Å². The number of rotatable bonds is 2. The van der Waals surface area contributed by atoms with Crippen molar-refractivity contribution < 1.29 is 14.3 Å². The van der Waals surface area contributed by atoms with Gasteiger partial charge in [-0.05, 0) is 30.3 Å². The van der Waals surface area contributed by atoms with Crippen molar-refractivity contribution in [2.45, 2.75) is 19.3 Å². The number of benzene rings is 1. The first-order valence-corrected chi connectivity index (χ1v) is 8.90. The van der Waals surface area contributed by atoms with Gasteiger partial charge in [0.1, 0.15) is 0 Å². The van der Waals surface area contributed by atoms with Crippen LogP contribution in [0.2, 0.25) is 0 Å². The van der Waals surface area contributed by atoms with E-state index < -0.39 is 0 Å². The van der Waals surface area contributed by atoms with Gasteiger partial charge in [-0.3, -0.25) is 4.79 Å². The number of amides is 1. The van der Waals surface area contributed by atoms with Gasteiger partial charge >= 0.3 is 0 Å². The third-order valence-electron chi connectivity index (χ3n) is 4.53. The summed E-state index contributed by atoms with van der Waals surface area (Å²) in [4.78, 5) is 16.8. The summed E-state index contributed by atoms with van der Waals surface area (Å²) >= 11 is 0. The predicted octanol–water partition coefficient (Wildman–Crippen LogP) is 2.42. The van der Waals surface area contributed by atoms with Crippen LogP contribution in [0.5, 0.6) is 11.5 Å². The summed E-state index contributed by atoms with van der Waals surface area (Å²) in [6.07, 6.45) is 3.55. The summed E-state index contributed by atoms with van der Waals surface area (Å²) in [5.41, 5.74) is 2.36. The molecule has 0 N–H and O–H groups in total. The van der Waals surface area contributed by atoms with Gasteiger partial charge in [0.25, 0.3) is 11.9 Å². The van der Waals surface area contributed by atoms with Gasteiger partial charge in [0, 0.05) is 31.0 Å².